The first-order valence-electron chi connectivity index (χ1n) is 7.20. The lowest BCUT2D eigenvalue weighted by Crippen LogP contribution is -2.33. The van der Waals surface area contributed by atoms with Gasteiger partial charge in [0.1, 0.15) is 5.84 Å². The van der Waals surface area contributed by atoms with Gasteiger partial charge in [0.05, 0.1) is 0 Å². The van der Waals surface area contributed by atoms with Crippen LogP contribution >= 0.6 is 0 Å². The predicted molar refractivity (Wildman–Crippen MR) is 85.5 cm³/mol. The fourth-order valence-corrected chi connectivity index (χ4v) is 2.27. The van der Waals surface area contributed by atoms with Crippen molar-refractivity contribution in [3.8, 4) is 0 Å². The van der Waals surface area contributed by atoms with Crippen molar-refractivity contribution in [3.05, 3.63) is 29.8 Å². The van der Waals surface area contributed by atoms with E-state index in [0.29, 0.717) is 5.84 Å². The molecule has 0 bridgehead atoms. The average Bonchev–Trinajstić information content (AvgIpc) is 2.42. The van der Waals surface area contributed by atoms with Crippen LogP contribution in [-0.2, 0) is 0 Å². The molecule has 4 nitrogen and oxygen atoms in total. The van der Waals surface area contributed by atoms with Crippen molar-refractivity contribution in [1.29, 1.82) is 0 Å². The highest BCUT2D eigenvalue weighted by atomic mass is 16.4. The Bertz CT molecular complexity index is 455. The minimum absolute atomic E-state index is 0.263. The molecule has 0 unspecified atom stereocenters. The second kappa shape index (κ2) is 7.17. The van der Waals surface area contributed by atoms with Crippen LogP contribution in [0.3, 0.4) is 0 Å². The van der Waals surface area contributed by atoms with Crippen molar-refractivity contribution in [1.82, 2.24) is 0 Å². The number of oxime groups is 1. The highest BCUT2D eigenvalue weighted by molar-refractivity contribution is 5.85. The molecule has 0 saturated heterocycles. The second-order valence-corrected chi connectivity index (χ2v) is 5.89. The molecule has 20 heavy (non-hydrogen) atoms. The van der Waals surface area contributed by atoms with E-state index in [-0.39, 0.29) is 5.41 Å². The van der Waals surface area contributed by atoms with Gasteiger partial charge >= 0.3 is 0 Å². The number of nitrogens with two attached hydrogens (primary N) is 1. The molecule has 0 saturated carbocycles. The van der Waals surface area contributed by atoms with Crippen molar-refractivity contribution < 1.29 is 5.21 Å². The zero-order chi connectivity index (χ0) is 15.2. The summed E-state index contributed by atoms with van der Waals surface area (Å²) in [6.07, 6.45) is 1.90. The minimum Gasteiger partial charge on any atom is -0.409 e. The first-order chi connectivity index (χ1) is 9.40. The number of aryl methyl sites for hydroxylation is 1. The van der Waals surface area contributed by atoms with E-state index in [9.17, 15) is 0 Å². The summed E-state index contributed by atoms with van der Waals surface area (Å²) in [6.45, 7) is 10.2. The summed E-state index contributed by atoms with van der Waals surface area (Å²) in [7, 11) is 0. The Hall–Kier alpha value is -1.71. The molecule has 1 aromatic carbocycles. The highest BCUT2D eigenvalue weighted by Crippen LogP contribution is 2.24. The van der Waals surface area contributed by atoms with E-state index in [1.165, 1.54) is 11.3 Å². The van der Waals surface area contributed by atoms with E-state index in [1.54, 1.807) is 0 Å². The Morgan fingerprint density at radius 1 is 1.40 bits per heavy atom. The number of benzene rings is 1. The topological polar surface area (TPSA) is 61.8 Å². The lowest BCUT2D eigenvalue weighted by Gasteiger charge is -2.27. The van der Waals surface area contributed by atoms with Gasteiger partial charge in [-0.1, -0.05) is 31.1 Å². The quantitative estimate of drug-likeness (QED) is 0.347. The summed E-state index contributed by atoms with van der Waals surface area (Å²) < 4.78 is 0. The summed E-state index contributed by atoms with van der Waals surface area (Å²) in [6, 6.07) is 8.55. The number of hydrogen-bond donors (Lipinski definition) is 2. The summed E-state index contributed by atoms with van der Waals surface area (Å²) >= 11 is 0. The van der Waals surface area contributed by atoms with E-state index in [2.05, 4.69) is 48.2 Å². The monoisotopic (exact) mass is 277 g/mol. The zero-order valence-electron chi connectivity index (χ0n) is 13.1. The summed E-state index contributed by atoms with van der Waals surface area (Å²) in [5.41, 5.74) is 7.99. The van der Waals surface area contributed by atoms with Gasteiger partial charge in [-0.25, -0.2) is 0 Å². The Balaban J connectivity index is 2.59. The van der Waals surface area contributed by atoms with Crippen molar-refractivity contribution in [2.45, 2.75) is 40.5 Å². The van der Waals surface area contributed by atoms with Crippen LogP contribution in [-0.4, -0.2) is 24.1 Å². The Morgan fingerprint density at radius 3 is 2.65 bits per heavy atom. The molecule has 0 spiro atoms. The third-order valence-electron chi connectivity index (χ3n) is 3.78. The van der Waals surface area contributed by atoms with Crippen LogP contribution in [0.5, 0.6) is 0 Å². The first kappa shape index (κ1) is 16.3. The molecule has 0 heterocycles. The molecule has 4 heteroatoms. The van der Waals surface area contributed by atoms with E-state index in [4.69, 9.17) is 10.9 Å². The van der Waals surface area contributed by atoms with Crippen LogP contribution < -0.4 is 10.6 Å². The Labute approximate surface area is 122 Å². The standard InChI is InChI=1S/C16H27N3O/c1-5-19(14-9-6-8-13(2)12-14)11-7-10-16(3,4)15(17)18-20/h6,8-9,12,20H,5,7,10-11H2,1-4H3,(H2,17,18). The van der Waals surface area contributed by atoms with Gasteiger partial charge in [0.25, 0.3) is 0 Å². The average molecular weight is 277 g/mol. The van der Waals surface area contributed by atoms with Crippen molar-refractivity contribution in [3.63, 3.8) is 0 Å². The van der Waals surface area contributed by atoms with Crippen LogP contribution in [0.15, 0.2) is 29.4 Å². The molecule has 0 radical (unpaired) electrons. The van der Waals surface area contributed by atoms with Crippen LogP contribution in [0.4, 0.5) is 5.69 Å². The molecule has 0 amide bonds. The lowest BCUT2D eigenvalue weighted by molar-refractivity contribution is 0.304. The number of hydrogen-bond acceptors (Lipinski definition) is 3. The molecule has 0 aliphatic carbocycles. The summed E-state index contributed by atoms with van der Waals surface area (Å²) in [4.78, 5) is 2.36. The maximum atomic E-state index is 8.79. The third-order valence-corrected chi connectivity index (χ3v) is 3.78. The van der Waals surface area contributed by atoms with Gasteiger partial charge in [0, 0.05) is 24.2 Å². The van der Waals surface area contributed by atoms with E-state index in [1.807, 2.05) is 13.8 Å². The van der Waals surface area contributed by atoms with Gasteiger partial charge in [0.15, 0.2) is 0 Å². The third kappa shape index (κ3) is 4.44. The number of amidine groups is 1. The second-order valence-electron chi connectivity index (χ2n) is 5.89. The van der Waals surface area contributed by atoms with E-state index >= 15 is 0 Å². The molecule has 0 atom stereocenters. The largest absolute Gasteiger partial charge is 0.409 e. The molecule has 0 aromatic heterocycles. The van der Waals surface area contributed by atoms with Crippen molar-refractivity contribution >= 4 is 11.5 Å². The van der Waals surface area contributed by atoms with Crippen LogP contribution in [0.1, 0.15) is 39.2 Å². The summed E-state index contributed by atoms with van der Waals surface area (Å²) in [5, 5.41) is 11.9. The fourth-order valence-electron chi connectivity index (χ4n) is 2.27. The molecule has 112 valence electrons. The number of rotatable bonds is 7. The highest BCUT2D eigenvalue weighted by Gasteiger charge is 2.23. The predicted octanol–water partition coefficient (Wildman–Crippen LogP) is 3.37. The van der Waals surface area contributed by atoms with Crippen molar-refractivity contribution in [2.24, 2.45) is 16.3 Å². The number of nitrogens with zero attached hydrogens (tertiary/aromatic N) is 2. The number of anilines is 1. The molecule has 0 aliphatic heterocycles. The van der Waals surface area contributed by atoms with E-state index < -0.39 is 0 Å². The van der Waals surface area contributed by atoms with Gasteiger partial charge in [-0.15, -0.1) is 0 Å². The van der Waals surface area contributed by atoms with Crippen molar-refractivity contribution in [2.75, 3.05) is 18.0 Å². The minimum atomic E-state index is -0.263. The molecular weight excluding hydrogens is 250 g/mol. The van der Waals surface area contributed by atoms with Gasteiger partial charge in [0.2, 0.25) is 0 Å². The Morgan fingerprint density at radius 2 is 2.10 bits per heavy atom. The maximum absolute atomic E-state index is 8.79. The normalized spacial score (nSPS) is 12.5. The van der Waals surface area contributed by atoms with E-state index in [0.717, 1.165) is 25.9 Å². The smallest absolute Gasteiger partial charge is 0.144 e. The molecule has 1 rings (SSSR count). The van der Waals surface area contributed by atoms with Crippen LogP contribution in [0, 0.1) is 12.3 Å². The lowest BCUT2D eigenvalue weighted by atomic mass is 9.86. The van der Waals surface area contributed by atoms with Gasteiger partial charge in [-0.3, -0.25) is 0 Å². The van der Waals surface area contributed by atoms with Gasteiger partial charge in [-0.05, 0) is 44.4 Å². The molecule has 3 N–H and O–H groups in total. The molecular formula is C16H27N3O. The SMILES string of the molecule is CCN(CCCC(C)(C)C(N)=NO)c1cccc(C)c1. The Kier molecular flexibility index (Phi) is 5.86. The first-order valence-corrected chi connectivity index (χ1v) is 7.20. The van der Waals surface area contributed by atoms with Gasteiger partial charge < -0.3 is 15.8 Å². The fraction of sp³-hybridized carbons (Fsp3) is 0.562. The van der Waals surface area contributed by atoms with Gasteiger partial charge in [-0.2, -0.15) is 0 Å². The maximum Gasteiger partial charge on any atom is 0.144 e. The molecule has 0 fully saturated rings. The van der Waals surface area contributed by atoms with Crippen LogP contribution in [0.2, 0.25) is 0 Å². The molecule has 1 aromatic rings. The zero-order valence-corrected chi connectivity index (χ0v) is 13.1. The molecule has 0 aliphatic rings. The summed E-state index contributed by atoms with van der Waals surface area (Å²) in [5.74, 6) is 0.302. The van der Waals surface area contributed by atoms with Crippen LogP contribution in [0.25, 0.3) is 0 Å².